The van der Waals surface area contributed by atoms with Gasteiger partial charge in [-0.2, -0.15) is 0 Å². The van der Waals surface area contributed by atoms with Crippen molar-refractivity contribution in [1.29, 1.82) is 0 Å². The molecule has 1 aromatic carbocycles. The molecule has 2 heterocycles. The van der Waals surface area contributed by atoms with Crippen LogP contribution in [0.25, 0.3) is 10.9 Å². The maximum atomic E-state index is 3.56. The molecule has 0 saturated heterocycles. The first kappa shape index (κ1) is 10.8. The molecule has 1 unspecified atom stereocenters. The Morgan fingerprint density at radius 2 is 2.18 bits per heavy atom. The number of aromatic nitrogens is 1. The third-order valence-corrected chi connectivity index (χ3v) is 3.67. The molecule has 0 fully saturated rings. The van der Waals surface area contributed by atoms with Crippen LogP contribution >= 0.6 is 0 Å². The molecule has 1 aromatic heterocycles. The van der Waals surface area contributed by atoms with Crippen LogP contribution in [0, 0.1) is 12.0 Å². The number of benzene rings is 1. The minimum atomic E-state index is 0.790. The molecule has 89 valence electrons. The van der Waals surface area contributed by atoms with Crippen LogP contribution in [0.3, 0.4) is 0 Å². The lowest BCUT2D eigenvalue weighted by Gasteiger charge is -2.27. The Kier molecular flexibility index (Phi) is 2.67. The number of hydrogen-bond acceptors (Lipinski definition) is 1. The summed E-state index contributed by atoms with van der Waals surface area (Å²) in [6, 6.07) is 12.2. The number of hydrogen-bond donors (Lipinski definition) is 0. The van der Waals surface area contributed by atoms with Gasteiger partial charge in [0.1, 0.15) is 0 Å². The van der Waals surface area contributed by atoms with Gasteiger partial charge in [-0.1, -0.05) is 18.2 Å². The second kappa shape index (κ2) is 4.19. The SMILES string of the molecule is CN(C)CC1CCn2c([c]c3ccccc32)C1. The van der Waals surface area contributed by atoms with Crippen molar-refractivity contribution in [2.24, 2.45) is 5.92 Å². The minimum absolute atomic E-state index is 0.790. The molecule has 0 amide bonds. The van der Waals surface area contributed by atoms with Crippen LogP contribution in [0.4, 0.5) is 0 Å². The van der Waals surface area contributed by atoms with Gasteiger partial charge in [0.05, 0.1) is 0 Å². The first-order valence-electron chi connectivity index (χ1n) is 6.38. The predicted molar refractivity (Wildman–Crippen MR) is 71.1 cm³/mol. The van der Waals surface area contributed by atoms with E-state index in [1.807, 2.05) is 0 Å². The fraction of sp³-hybridized carbons (Fsp3) is 0.467. The molecule has 2 aromatic rings. The first-order valence-corrected chi connectivity index (χ1v) is 6.38. The lowest BCUT2D eigenvalue weighted by Crippen LogP contribution is -2.28. The average molecular weight is 227 g/mol. The van der Waals surface area contributed by atoms with E-state index in [0.29, 0.717) is 0 Å². The highest BCUT2D eigenvalue weighted by molar-refractivity contribution is 5.80. The van der Waals surface area contributed by atoms with Crippen molar-refractivity contribution in [2.45, 2.75) is 19.4 Å². The van der Waals surface area contributed by atoms with Crippen LogP contribution in [-0.2, 0) is 13.0 Å². The van der Waals surface area contributed by atoms with E-state index in [9.17, 15) is 0 Å². The highest BCUT2D eigenvalue weighted by Gasteiger charge is 2.20. The van der Waals surface area contributed by atoms with Crippen LogP contribution in [0.15, 0.2) is 24.3 Å². The second-order valence-corrected chi connectivity index (χ2v) is 5.36. The van der Waals surface area contributed by atoms with Gasteiger partial charge in [0.15, 0.2) is 0 Å². The summed E-state index contributed by atoms with van der Waals surface area (Å²) in [5.41, 5.74) is 2.75. The molecule has 0 N–H and O–H groups in total. The minimum Gasteiger partial charge on any atom is -0.344 e. The van der Waals surface area contributed by atoms with Crippen LogP contribution in [0.1, 0.15) is 12.1 Å². The highest BCUT2D eigenvalue weighted by atomic mass is 15.1. The van der Waals surface area contributed by atoms with Crippen molar-refractivity contribution in [3.8, 4) is 0 Å². The molecule has 1 radical (unpaired) electrons. The number of fused-ring (bicyclic) bond motifs is 3. The molecule has 0 bridgehead atoms. The maximum Gasteiger partial charge on any atom is 0.0489 e. The Balaban J connectivity index is 1.92. The number of nitrogens with zero attached hydrogens (tertiary/aromatic N) is 2. The third-order valence-electron chi connectivity index (χ3n) is 3.67. The van der Waals surface area contributed by atoms with Gasteiger partial charge in [0, 0.05) is 35.8 Å². The zero-order valence-corrected chi connectivity index (χ0v) is 10.6. The summed E-state index contributed by atoms with van der Waals surface area (Å²) < 4.78 is 2.45. The monoisotopic (exact) mass is 227 g/mol. The maximum absolute atomic E-state index is 3.56. The molecular formula is C15H19N2. The van der Waals surface area contributed by atoms with E-state index < -0.39 is 0 Å². The molecule has 1 aliphatic rings. The lowest BCUT2D eigenvalue weighted by molar-refractivity contribution is 0.282. The van der Waals surface area contributed by atoms with Crippen LogP contribution in [0.2, 0.25) is 0 Å². The molecule has 17 heavy (non-hydrogen) atoms. The summed E-state index contributed by atoms with van der Waals surface area (Å²) in [6.45, 7) is 2.34. The van der Waals surface area contributed by atoms with Gasteiger partial charge in [-0.05, 0) is 38.9 Å². The second-order valence-electron chi connectivity index (χ2n) is 5.36. The fourth-order valence-electron chi connectivity index (χ4n) is 2.96. The van der Waals surface area contributed by atoms with E-state index in [0.717, 1.165) is 12.5 Å². The molecular weight excluding hydrogens is 208 g/mol. The van der Waals surface area contributed by atoms with Gasteiger partial charge in [-0.15, -0.1) is 0 Å². The Morgan fingerprint density at radius 3 is 3.00 bits per heavy atom. The van der Waals surface area contributed by atoms with Gasteiger partial charge in [0.25, 0.3) is 0 Å². The lowest BCUT2D eigenvalue weighted by atomic mass is 9.96. The van der Waals surface area contributed by atoms with Gasteiger partial charge < -0.3 is 9.47 Å². The summed E-state index contributed by atoms with van der Waals surface area (Å²) in [6.07, 6.45) is 2.46. The Hall–Kier alpha value is -1.28. The summed E-state index contributed by atoms with van der Waals surface area (Å²) in [7, 11) is 4.32. The van der Waals surface area contributed by atoms with Crippen molar-refractivity contribution in [3.63, 3.8) is 0 Å². The third kappa shape index (κ3) is 1.98. The van der Waals surface area contributed by atoms with Gasteiger partial charge >= 0.3 is 0 Å². The summed E-state index contributed by atoms with van der Waals surface area (Å²) in [4.78, 5) is 2.29. The topological polar surface area (TPSA) is 8.17 Å². The van der Waals surface area contributed by atoms with Gasteiger partial charge in [-0.3, -0.25) is 0 Å². The molecule has 0 aliphatic carbocycles. The molecule has 1 aliphatic heterocycles. The summed E-state index contributed by atoms with van der Waals surface area (Å²) >= 11 is 0. The molecule has 3 rings (SSSR count). The molecule has 0 spiro atoms. The zero-order chi connectivity index (χ0) is 11.8. The summed E-state index contributed by atoms with van der Waals surface area (Å²) in [5.74, 6) is 0.790. The van der Waals surface area contributed by atoms with Crippen LogP contribution < -0.4 is 0 Å². The van der Waals surface area contributed by atoms with Crippen LogP contribution in [0.5, 0.6) is 0 Å². The quantitative estimate of drug-likeness (QED) is 0.765. The zero-order valence-electron chi connectivity index (χ0n) is 10.6. The fourth-order valence-corrected chi connectivity index (χ4v) is 2.96. The average Bonchev–Trinajstić information content (AvgIpc) is 2.65. The van der Waals surface area contributed by atoms with Gasteiger partial charge in [0.2, 0.25) is 0 Å². The number of aryl methyl sites for hydroxylation is 1. The molecule has 1 atom stereocenters. The van der Waals surface area contributed by atoms with Crippen LogP contribution in [-0.4, -0.2) is 30.1 Å². The Labute approximate surface area is 103 Å². The van der Waals surface area contributed by atoms with Crippen molar-refractivity contribution >= 4 is 10.9 Å². The van der Waals surface area contributed by atoms with Crippen molar-refractivity contribution in [3.05, 3.63) is 36.0 Å². The van der Waals surface area contributed by atoms with Gasteiger partial charge in [-0.25, -0.2) is 0 Å². The van der Waals surface area contributed by atoms with Crippen molar-refractivity contribution < 1.29 is 0 Å². The highest BCUT2D eigenvalue weighted by Crippen LogP contribution is 2.27. The standard InChI is InChI=1S/C15H19N2/c1-16(2)11-12-7-8-17-14(9-12)10-13-5-3-4-6-15(13)17/h3-6,12H,7-9,11H2,1-2H3. The first-order chi connectivity index (χ1) is 8.24. The van der Waals surface area contributed by atoms with E-state index in [1.54, 1.807) is 0 Å². The smallest absolute Gasteiger partial charge is 0.0489 e. The predicted octanol–water partition coefficient (Wildman–Crippen LogP) is 2.57. The van der Waals surface area contributed by atoms with E-state index >= 15 is 0 Å². The normalized spacial score (nSPS) is 19.8. The summed E-state index contributed by atoms with van der Waals surface area (Å²) in [5, 5.41) is 1.27. The van der Waals surface area contributed by atoms with Crippen molar-refractivity contribution in [1.82, 2.24) is 9.47 Å². The molecule has 2 nitrogen and oxygen atoms in total. The van der Waals surface area contributed by atoms with E-state index in [-0.39, 0.29) is 0 Å². The number of rotatable bonds is 2. The van der Waals surface area contributed by atoms with E-state index in [2.05, 4.69) is 53.9 Å². The van der Waals surface area contributed by atoms with Crippen molar-refractivity contribution in [2.75, 3.05) is 20.6 Å². The Bertz CT molecular complexity index is 525. The molecule has 0 saturated carbocycles. The number of para-hydroxylation sites is 1. The van der Waals surface area contributed by atoms with E-state index in [1.165, 1.54) is 36.0 Å². The van der Waals surface area contributed by atoms with E-state index in [4.69, 9.17) is 0 Å². The Morgan fingerprint density at radius 1 is 1.35 bits per heavy atom. The molecule has 2 heteroatoms. The largest absolute Gasteiger partial charge is 0.344 e.